The predicted octanol–water partition coefficient (Wildman–Crippen LogP) is 3.08. The summed E-state index contributed by atoms with van der Waals surface area (Å²) in [6.45, 7) is 0.720. The molecular formula is C17H17FN2O2S. The summed E-state index contributed by atoms with van der Waals surface area (Å²) in [4.78, 5) is 2.09. The molecule has 120 valence electrons. The second-order valence-corrected chi connectivity index (χ2v) is 7.47. The Morgan fingerprint density at radius 2 is 1.74 bits per heavy atom. The Labute approximate surface area is 134 Å². The zero-order valence-corrected chi connectivity index (χ0v) is 13.7. The predicted molar refractivity (Wildman–Crippen MR) is 88.3 cm³/mol. The number of fused-ring (bicyclic) bond motifs is 1. The largest absolute Gasteiger partial charge is 0.305 e. The first-order valence-electron chi connectivity index (χ1n) is 7.14. The maximum atomic E-state index is 13.0. The molecule has 0 saturated carbocycles. The van der Waals surface area contributed by atoms with E-state index in [4.69, 9.17) is 0 Å². The first-order chi connectivity index (χ1) is 10.9. The second-order valence-electron chi connectivity index (χ2n) is 5.66. The summed E-state index contributed by atoms with van der Waals surface area (Å²) in [6, 6.07) is 12.3. The normalized spacial score (nSPS) is 12.2. The monoisotopic (exact) mass is 332 g/mol. The first-order valence-corrected chi connectivity index (χ1v) is 8.58. The molecule has 0 unspecified atom stereocenters. The molecule has 1 heterocycles. The molecular weight excluding hydrogens is 315 g/mol. The van der Waals surface area contributed by atoms with Crippen LogP contribution in [0.3, 0.4) is 0 Å². The Bertz CT molecular complexity index is 944. The summed E-state index contributed by atoms with van der Waals surface area (Å²) < 4.78 is 39.9. The van der Waals surface area contributed by atoms with Gasteiger partial charge in [0.15, 0.2) is 0 Å². The maximum absolute atomic E-state index is 13.0. The molecule has 6 heteroatoms. The highest BCUT2D eigenvalue weighted by Crippen LogP contribution is 2.25. The molecule has 0 N–H and O–H groups in total. The van der Waals surface area contributed by atoms with Crippen LogP contribution in [-0.2, 0) is 16.6 Å². The second kappa shape index (κ2) is 5.79. The van der Waals surface area contributed by atoms with Gasteiger partial charge in [0.2, 0.25) is 0 Å². The van der Waals surface area contributed by atoms with Crippen molar-refractivity contribution in [1.29, 1.82) is 0 Å². The Morgan fingerprint density at radius 1 is 1.04 bits per heavy atom. The third kappa shape index (κ3) is 2.87. The highest BCUT2D eigenvalue weighted by Gasteiger charge is 2.19. The average molecular weight is 332 g/mol. The van der Waals surface area contributed by atoms with Crippen molar-refractivity contribution >= 4 is 20.9 Å². The molecule has 0 spiro atoms. The average Bonchev–Trinajstić information content (AvgIpc) is 2.93. The number of hydrogen-bond donors (Lipinski definition) is 0. The van der Waals surface area contributed by atoms with Crippen molar-refractivity contribution in [2.24, 2.45) is 0 Å². The lowest BCUT2D eigenvalue weighted by Crippen LogP contribution is -2.12. The molecule has 3 rings (SSSR count). The van der Waals surface area contributed by atoms with Gasteiger partial charge in [-0.05, 0) is 56.1 Å². The van der Waals surface area contributed by atoms with Gasteiger partial charge in [-0.15, -0.1) is 0 Å². The summed E-state index contributed by atoms with van der Waals surface area (Å²) in [5, 5.41) is 0.895. The van der Waals surface area contributed by atoms with Gasteiger partial charge in [0, 0.05) is 18.1 Å². The third-order valence-electron chi connectivity index (χ3n) is 3.64. The van der Waals surface area contributed by atoms with Crippen LogP contribution in [0.15, 0.2) is 59.6 Å². The van der Waals surface area contributed by atoms with Crippen LogP contribution in [0.5, 0.6) is 0 Å². The fourth-order valence-electron chi connectivity index (χ4n) is 2.61. The quantitative estimate of drug-likeness (QED) is 0.737. The molecule has 0 aliphatic rings. The van der Waals surface area contributed by atoms with Gasteiger partial charge >= 0.3 is 0 Å². The minimum Gasteiger partial charge on any atom is -0.305 e. The topological polar surface area (TPSA) is 42.3 Å². The van der Waals surface area contributed by atoms with E-state index in [0.29, 0.717) is 5.52 Å². The van der Waals surface area contributed by atoms with Gasteiger partial charge in [-0.2, -0.15) is 0 Å². The van der Waals surface area contributed by atoms with Gasteiger partial charge < -0.3 is 4.90 Å². The number of nitrogens with zero attached hydrogens (tertiary/aromatic N) is 2. The molecule has 3 aromatic rings. The molecule has 1 aromatic heterocycles. The van der Waals surface area contributed by atoms with Crippen molar-refractivity contribution in [3.05, 3.63) is 66.1 Å². The van der Waals surface area contributed by atoms with E-state index in [2.05, 4.69) is 0 Å². The van der Waals surface area contributed by atoms with Crippen LogP contribution < -0.4 is 0 Å². The molecule has 4 nitrogen and oxygen atoms in total. The molecule has 0 saturated heterocycles. The fourth-order valence-corrected chi connectivity index (χ4v) is 3.96. The van der Waals surface area contributed by atoms with E-state index in [9.17, 15) is 12.8 Å². The summed E-state index contributed by atoms with van der Waals surface area (Å²) in [7, 11) is 0.179. The van der Waals surface area contributed by atoms with Crippen molar-refractivity contribution in [3.8, 4) is 0 Å². The van der Waals surface area contributed by atoms with Gasteiger partial charge in [0.05, 0.1) is 10.4 Å². The number of rotatable bonds is 4. The third-order valence-corrected chi connectivity index (χ3v) is 5.35. The van der Waals surface area contributed by atoms with Gasteiger partial charge in [-0.25, -0.2) is 16.8 Å². The van der Waals surface area contributed by atoms with Gasteiger partial charge in [0.1, 0.15) is 5.82 Å². The number of halogens is 1. The molecule has 0 aliphatic heterocycles. The lowest BCUT2D eigenvalue weighted by Gasteiger charge is -2.12. The van der Waals surface area contributed by atoms with Crippen molar-refractivity contribution in [1.82, 2.24) is 8.87 Å². The van der Waals surface area contributed by atoms with Crippen molar-refractivity contribution in [2.75, 3.05) is 14.1 Å². The summed E-state index contributed by atoms with van der Waals surface area (Å²) in [5.41, 5.74) is 1.68. The molecule has 2 aromatic carbocycles. The van der Waals surface area contributed by atoms with E-state index in [0.717, 1.165) is 29.6 Å². The summed E-state index contributed by atoms with van der Waals surface area (Å²) in [5.74, 6) is -0.463. The Kier molecular flexibility index (Phi) is 3.95. The van der Waals surface area contributed by atoms with E-state index in [1.165, 1.54) is 16.1 Å². The van der Waals surface area contributed by atoms with Crippen LogP contribution in [0, 0.1) is 5.82 Å². The lowest BCUT2D eigenvalue weighted by atomic mass is 10.1. The molecule has 0 fully saturated rings. The maximum Gasteiger partial charge on any atom is 0.268 e. The molecule has 0 amide bonds. The van der Waals surface area contributed by atoms with E-state index >= 15 is 0 Å². The van der Waals surface area contributed by atoms with Crippen LogP contribution in [0.4, 0.5) is 4.39 Å². The van der Waals surface area contributed by atoms with Crippen LogP contribution in [0.25, 0.3) is 10.9 Å². The summed E-state index contributed by atoms with van der Waals surface area (Å²) >= 11 is 0. The van der Waals surface area contributed by atoms with Gasteiger partial charge in [-0.3, -0.25) is 0 Å². The molecule has 0 aliphatic carbocycles. The number of aromatic nitrogens is 1. The summed E-state index contributed by atoms with van der Waals surface area (Å²) in [6.07, 6.45) is 1.54. The van der Waals surface area contributed by atoms with E-state index in [1.807, 2.05) is 31.1 Å². The van der Waals surface area contributed by atoms with Crippen LogP contribution in [0.1, 0.15) is 5.56 Å². The van der Waals surface area contributed by atoms with Crippen LogP contribution in [0.2, 0.25) is 0 Å². The lowest BCUT2D eigenvalue weighted by molar-refractivity contribution is 0.404. The minimum absolute atomic E-state index is 0.0643. The fraction of sp³-hybridized carbons (Fsp3) is 0.176. The van der Waals surface area contributed by atoms with Crippen LogP contribution in [-0.4, -0.2) is 31.4 Å². The molecule has 0 bridgehead atoms. The minimum atomic E-state index is -3.75. The van der Waals surface area contributed by atoms with Crippen molar-refractivity contribution in [2.45, 2.75) is 11.4 Å². The van der Waals surface area contributed by atoms with Gasteiger partial charge in [-0.1, -0.05) is 12.1 Å². The van der Waals surface area contributed by atoms with E-state index < -0.39 is 15.8 Å². The highest BCUT2D eigenvalue weighted by atomic mass is 32.2. The van der Waals surface area contributed by atoms with E-state index in [1.54, 1.807) is 18.3 Å². The Morgan fingerprint density at radius 3 is 2.39 bits per heavy atom. The SMILES string of the molecule is CN(C)Cc1cccc2c1ccn2S(=O)(=O)c1ccc(F)cc1. The zero-order chi connectivity index (χ0) is 16.6. The van der Waals surface area contributed by atoms with Crippen molar-refractivity contribution in [3.63, 3.8) is 0 Å². The molecule has 0 radical (unpaired) electrons. The standard InChI is InChI=1S/C17H17FN2O2S/c1-19(2)12-13-4-3-5-17-16(13)10-11-20(17)23(21,22)15-8-6-14(18)7-9-15/h3-11H,12H2,1-2H3. The number of benzene rings is 2. The zero-order valence-electron chi connectivity index (χ0n) is 12.9. The van der Waals surface area contributed by atoms with Crippen LogP contribution >= 0.6 is 0 Å². The first kappa shape index (κ1) is 15.7. The van der Waals surface area contributed by atoms with Crippen molar-refractivity contribution < 1.29 is 12.8 Å². The Hall–Kier alpha value is -2.18. The number of hydrogen-bond acceptors (Lipinski definition) is 3. The smallest absolute Gasteiger partial charge is 0.268 e. The molecule has 23 heavy (non-hydrogen) atoms. The molecule has 0 atom stereocenters. The highest BCUT2D eigenvalue weighted by molar-refractivity contribution is 7.90. The Balaban J connectivity index is 2.15. The van der Waals surface area contributed by atoms with Gasteiger partial charge in [0.25, 0.3) is 10.0 Å². The van der Waals surface area contributed by atoms with E-state index in [-0.39, 0.29) is 4.90 Å².